The number of benzene rings is 1. The first-order valence-corrected chi connectivity index (χ1v) is 4.57. The van der Waals surface area contributed by atoms with E-state index in [2.05, 4.69) is 32.0 Å². The van der Waals surface area contributed by atoms with Gasteiger partial charge in [0, 0.05) is 0 Å². The summed E-state index contributed by atoms with van der Waals surface area (Å²) in [5.74, 6) is 0.533. The summed E-state index contributed by atoms with van der Waals surface area (Å²) in [6.45, 7) is 8.33. The largest absolute Gasteiger partial charge is 0.192 e. The summed E-state index contributed by atoms with van der Waals surface area (Å²) < 4.78 is 0. The Balaban J connectivity index is 3.30. The number of hydrogen-bond donors (Lipinski definition) is 0. The molecule has 0 bridgehead atoms. The molecule has 1 nitrogen and oxygen atoms in total. The van der Waals surface area contributed by atoms with Gasteiger partial charge in [-0.3, -0.25) is 0 Å². The van der Waals surface area contributed by atoms with Gasteiger partial charge in [-0.2, -0.15) is 5.26 Å². The lowest BCUT2D eigenvalue weighted by molar-refractivity contribution is 0.862. The minimum atomic E-state index is 0.533. The van der Waals surface area contributed by atoms with Crippen LogP contribution in [0.1, 0.15) is 42.0 Å². The number of rotatable bonds is 1. The van der Waals surface area contributed by atoms with E-state index < -0.39 is 0 Å². The SMILES string of the molecule is Cc1cc(C(C)C)cc(C)c1C#N. The molecule has 0 fully saturated rings. The maximum absolute atomic E-state index is 8.88. The van der Waals surface area contributed by atoms with Crippen molar-refractivity contribution in [3.8, 4) is 6.07 Å². The van der Waals surface area contributed by atoms with Crippen LogP contribution in [0, 0.1) is 25.2 Å². The molecule has 1 heteroatoms. The van der Waals surface area contributed by atoms with Crippen molar-refractivity contribution in [2.24, 2.45) is 0 Å². The molecule has 0 heterocycles. The topological polar surface area (TPSA) is 23.8 Å². The Hall–Kier alpha value is -1.29. The molecule has 68 valence electrons. The van der Waals surface area contributed by atoms with Gasteiger partial charge in [0.2, 0.25) is 0 Å². The van der Waals surface area contributed by atoms with Gasteiger partial charge < -0.3 is 0 Å². The van der Waals surface area contributed by atoms with E-state index in [0.717, 1.165) is 16.7 Å². The van der Waals surface area contributed by atoms with Crippen molar-refractivity contribution < 1.29 is 0 Å². The monoisotopic (exact) mass is 173 g/mol. The Morgan fingerprint density at radius 3 is 1.92 bits per heavy atom. The van der Waals surface area contributed by atoms with Crippen LogP contribution < -0.4 is 0 Å². The van der Waals surface area contributed by atoms with E-state index >= 15 is 0 Å². The van der Waals surface area contributed by atoms with E-state index in [1.165, 1.54) is 5.56 Å². The van der Waals surface area contributed by atoms with E-state index in [9.17, 15) is 0 Å². The van der Waals surface area contributed by atoms with Crippen molar-refractivity contribution in [3.63, 3.8) is 0 Å². The highest BCUT2D eigenvalue weighted by molar-refractivity contribution is 5.46. The standard InChI is InChI=1S/C12H15N/c1-8(2)11-5-9(3)12(7-13)10(4)6-11/h5-6,8H,1-4H3. The molecule has 1 aromatic carbocycles. The van der Waals surface area contributed by atoms with Crippen LogP contribution in [0.5, 0.6) is 0 Å². The molecule has 1 rings (SSSR count). The van der Waals surface area contributed by atoms with E-state index in [1.54, 1.807) is 0 Å². The van der Waals surface area contributed by atoms with Crippen LogP contribution in [0.4, 0.5) is 0 Å². The predicted octanol–water partition coefficient (Wildman–Crippen LogP) is 3.30. The van der Waals surface area contributed by atoms with Crippen molar-refractivity contribution in [1.29, 1.82) is 5.26 Å². The Morgan fingerprint density at radius 2 is 1.62 bits per heavy atom. The number of aryl methyl sites for hydroxylation is 2. The Bertz CT molecular complexity index is 333. The van der Waals surface area contributed by atoms with Crippen LogP contribution in [0.15, 0.2) is 12.1 Å². The van der Waals surface area contributed by atoms with Crippen molar-refractivity contribution in [1.82, 2.24) is 0 Å². The Morgan fingerprint density at radius 1 is 1.15 bits per heavy atom. The minimum absolute atomic E-state index is 0.533. The third kappa shape index (κ3) is 1.89. The van der Waals surface area contributed by atoms with E-state index in [-0.39, 0.29) is 0 Å². The molecule has 0 aromatic heterocycles. The lowest BCUT2D eigenvalue weighted by Gasteiger charge is -2.09. The van der Waals surface area contributed by atoms with Gasteiger partial charge in [-0.1, -0.05) is 26.0 Å². The summed E-state index contributed by atoms with van der Waals surface area (Å²) in [7, 11) is 0. The van der Waals surface area contributed by atoms with Crippen LogP contribution in [-0.4, -0.2) is 0 Å². The molecule has 0 spiro atoms. The number of nitrogens with zero attached hydrogens (tertiary/aromatic N) is 1. The smallest absolute Gasteiger partial charge is 0.0997 e. The maximum Gasteiger partial charge on any atom is 0.0997 e. The van der Waals surface area contributed by atoms with Crippen molar-refractivity contribution in [3.05, 3.63) is 34.4 Å². The van der Waals surface area contributed by atoms with E-state index in [1.807, 2.05) is 13.8 Å². The molecule has 0 unspecified atom stereocenters. The fourth-order valence-electron chi connectivity index (χ4n) is 1.51. The van der Waals surface area contributed by atoms with Crippen molar-refractivity contribution in [2.75, 3.05) is 0 Å². The summed E-state index contributed by atoms with van der Waals surface area (Å²) in [5.41, 5.74) is 4.32. The first-order chi connectivity index (χ1) is 6.06. The van der Waals surface area contributed by atoms with Gasteiger partial charge in [0.1, 0.15) is 0 Å². The molecular formula is C12H15N. The molecule has 0 amide bonds. The summed E-state index contributed by atoms with van der Waals surface area (Å²) >= 11 is 0. The fourth-order valence-corrected chi connectivity index (χ4v) is 1.51. The third-order valence-electron chi connectivity index (χ3n) is 2.33. The van der Waals surface area contributed by atoms with Crippen molar-refractivity contribution in [2.45, 2.75) is 33.6 Å². The minimum Gasteiger partial charge on any atom is -0.192 e. The molecule has 0 radical (unpaired) electrons. The van der Waals surface area contributed by atoms with Gasteiger partial charge in [-0.05, 0) is 36.5 Å². The summed E-state index contributed by atoms with van der Waals surface area (Å²) in [6, 6.07) is 6.44. The second-order valence-corrected chi connectivity index (χ2v) is 3.80. The first-order valence-electron chi connectivity index (χ1n) is 4.57. The summed E-state index contributed by atoms with van der Waals surface area (Å²) in [5, 5.41) is 8.88. The molecule has 0 aliphatic carbocycles. The van der Waals surface area contributed by atoms with E-state index in [4.69, 9.17) is 5.26 Å². The zero-order valence-electron chi connectivity index (χ0n) is 8.68. The molecule has 1 aromatic rings. The number of nitriles is 1. The van der Waals surface area contributed by atoms with Gasteiger partial charge in [0.05, 0.1) is 11.6 Å². The zero-order chi connectivity index (χ0) is 10.0. The normalized spacial score (nSPS) is 10.2. The molecule has 0 atom stereocenters. The number of hydrogen-bond acceptors (Lipinski definition) is 1. The van der Waals surface area contributed by atoms with Crippen LogP contribution in [0.25, 0.3) is 0 Å². The molecule has 0 saturated carbocycles. The van der Waals surface area contributed by atoms with Gasteiger partial charge >= 0.3 is 0 Å². The maximum atomic E-state index is 8.88. The highest BCUT2D eigenvalue weighted by atomic mass is 14.2. The average molecular weight is 173 g/mol. The third-order valence-corrected chi connectivity index (χ3v) is 2.33. The van der Waals surface area contributed by atoms with Crippen LogP contribution >= 0.6 is 0 Å². The van der Waals surface area contributed by atoms with Gasteiger partial charge in [-0.15, -0.1) is 0 Å². The van der Waals surface area contributed by atoms with Gasteiger partial charge in [0.25, 0.3) is 0 Å². The fraction of sp³-hybridized carbons (Fsp3) is 0.417. The van der Waals surface area contributed by atoms with Gasteiger partial charge in [-0.25, -0.2) is 0 Å². The van der Waals surface area contributed by atoms with Crippen LogP contribution in [0.2, 0.25) is 0 Å². The second-order valence-electron chi connectivity index (χ2n) is 3.80. The van der Waals surface area contributed by atoms with E-state index in [0.29, 0.717) is 5.92 Å². The molecule has 13 heavy (non-hydrogen) atoms. The summed E-state index contributed by atoms with van der Waals surface area (Å²) in [4.78, 5) is 0. The summed E-state index contributed by atoms with van der Waals surface area (Å²) in [6.07, 6.45) is 0. The predicted molar refractivity (Wildman–Crippen MR) is 54.7 cm³/mol. The highest BCUT2D eigenvalue weighted by Crippen LogP contribution is 2.21. The molecule has 0 saturated heterocycles. The lowest BCUT2D eigenvalue weighted by atomic mass is 9.95. The Labute approximate surface area is 80.0 Å². The van der Waals surface area contributed by atoms with Crippen LogP contribution in [0.3, 0.4) is 0 Å². The highest BCUT2D eigenvalue weighted by Gasteiger charge is 2.06. The zero-order valence-corrected chi connectivity index (χ0v) is 8.68. The quantitative estimate of drug-likeness (QED) is 0.639. The molecule has 0 N–H and O–H groups in total. The van der Waals surface area contributed by atoms with Crippen molar-refractivity contribution >= 4 is 0 Å². The molecule has 0 aliphatic rings. The van der Waals surface area contributed by atoms with Gasteiger partial charge in [0.15, 0.2) is 0 Å². The molecule has 0 aliphatic heterocycles. The first kappa shape index (κ1) is 9.80. The van der Waals surface area contributed by atoms with Crippen LogP contribution in [-0.2, 0) is 0 Å². The molecular weight excluding hydrogens is 158 g/mol. The lowest BCUT2D eigenvalue weighted by Crippen LogP contribution is -1.94. The Kier molecular flexibility index (Phi) is 2.72. The average Bonchev–Trinajstić information content (AvgIpc) is 2.03. The second kappa shape index (κ2) is 3.62.